The third-order valence-corrected chi connectivity index (χ3v) is 6.10. The smallest absolute Gasteiger partial charge is 0.252 e. The zero-order valence-corrected chi connectivity index (χ0v) is 13.5. The molecule has 0 saturated heterocycles. The molecule has 0 unspecified atom stereocenters. The molecule has 108 valence electrons. The lowest BCUT2D eigenvalue weighted by molar-refractivity contribution is 0.107. The van der Waals surface area contributed by atoms with Crippen LogP contribution in [-0.2, 0) is 4.57 Å². The average molecular weight is 341 g/mol. The average Bonchev–Trinajstić information content (AvgIpc) is 2.47. The van der Waals surface area contributed by atoms with Gasteiger partial charge in [-0.1, -0.05) is 36.4 Å². The van der Waals surface area contributed by atoms with Gasteiger partial charge in [-0.05, 0) is 42.0 Å². The molecule has 0 atom stereocenters. The lowest BCUT2D eigenvalue weighted by atomic mass is 10.2. The van der Waals surface area contributed by atoms with Crippen LogP contribution in [0, 0.1) is 0 Å². The molecule has 2 aromatic carbocycles. The van der Waals surface area contributed by atoms with E-state index < -0.39 is 17.6 Å². The number of rotatable bonds is 4. The normalized spacial score (nSPS) is 11.2. The highest BCUT2D eigenvalue weighted by atomic mass is 35.5. The second-order valence-electron chi connectivity index (χ2n) is 4.57. The molecule has 0 amide bonds. The van der Waals surface area contributed by atoms with Gasteiger partial charge in [0.1, 0.15) is 7.14 Å². The maximum atomic E-state index is 13.1. The molecule has 0 aromatic heterocycles. The van der Waals surface area contributed by atoms with Gasteiger partial charge in [0.05, 0.1) is 0 Å². The second-order valence-corrected chi connectivity index (χ2v) is 8.14. The predicted octanol–water partition coefficient (Wildman–Crippen LogP) is 3.39. The Bertz CT molecular complexity index is 710. The number of carbonyl (C=O) groups excluding carboxylic acids is 2. The maximum absolute atomic E-state index is 13.1. The van der Waals surface area contributed by atoms with E-state index in [4.69, 9.17) is 23.2 Å². The van der Waals surface area contributed by atoms with Crippen LogP contribution in [0.2, 0.25) is 0 Å². The fraction of sp³-hybridized carbons (Fsp3) is 0.0667. The molecule has 2 aromatic rings. The molecular weight excluding hydrogens is 330 g/mol. The third kappa shape index (κ3) is 3.44. The van der Waals surface area contributed by atoms with Gasteiger partial charge in [-0.15, -0.1) is 0 Å². The Morgan fingerprint density at radius 1 is 0.857 bits per heavy atom. The van der Waals surface area contributed by atoms with Crippen molar-refractivity contribution in [3.63, 3.8) is 0 Å². The number of halogens is 2. The summed E-state index contributed by atoms with van der Waals surface area (Å²) in [6.07, 6.45) is 0. The van der Waals surface area contributed by atoms with Crippen LogP contribution in [0.3, 0.4) is 0 Å². The number of carbonyl (C=O) groups is 2. The van der Waals surface area contributed by atoms with Crippen LogP contribution in [0.1, 0.15) is 20.7 Å². The molecule has 0 N–H and O–H groups in total. The zero-order chi connectivity index (χ0) is 15.6. The molecule has 0 saturated carbocycles. The van der Waals surface area contributed by atoms with Crippen LogP contribution < -0.4 is 10.6 Å². The summed E-state index contributed by atoms with van der Waals surface area (Å²) in [5.41, 5.74) is 0.557. The number of hydrogen-bond acceptors (Lipinski definition) is 3. The first-order valence-corrected chi connectivity index (χ1v) is 8.92. The molecule has 0 bridgehead atoms. The highest BCUT2D eigenvalue weighted by Crippen LogP contribution is 2.39. The second kappa shape index (κ2) is 6.15. The maximum Gasteiger partial charge on any atom is 0.252 e. The number of benzene rings is 2. The van der Waals surface area contributed by atoms with E-state index in [1.165, 1.54) is 12.1 Å². The van der Waals surface area contributed by atoms with Gasteiger partial charge >= 0.3 is 0 Å². The van der Waals surface area contributed by atoms with Gasteiger partial charge in [0.25, 0.3) is 10.5 Å². The predicted molar refractivity (Wildman–Crippen MR) is 86.0 cm³/mol. The molecule has 0 fully saturated rings. The Kier molecular flexibility index (Phi) is 4.67. The minimum absolute atomic E-state index is 0.279. The quantitative estimate of drug-likeness (QED) is 0.633. The van der Waals surface area contributed by atoms with Crippen molar-refractivity contribution in [3.05, 3.63) is 59.7 Å². The van der Waals surface area contributed by atoms with Crippen molar-refractivity contribution in [2.75, 3.05) is 6.66 Å². The number of hydrogen-bond donors (Lipinski definition) is 0. The van der Waals surface area contributed by atoms with Gasteiger partial charge in [-0.2, -0.15) is 0 Å². The van der Waals surface area contributed by atoms with E-state index in [1.807, 2.05) is 0 Å². The highest BCUT2D eigenvalue weighted by molar-refractivity contribution is 7.78. The van der Waals surface area contributed by atoms with Crippen molar-refractivity contribution in [2.24, 2.45) is 0 Å². The third-order valence-electron chi connectivity index (χ3n) is 3.13. The molecular formula is C15H11Cl2O3P. The fourth-order valence-electron chi connectivity index (χ4n) is 1.94. The topological polar surface area (TPSA) is 51.2 Å². The minimum atomic E-state index is -2.95. The lowest BCUT2D eigenvalue weighted by Crippen LogP contribution is -2.16. The van der Waals surface area contributed by atoms with Crippen molar-refractivity contribution in [1.82, 2.24) is 0 Å². The van der Waals surface area contributed by atoms with E-state index in [2.05, 4.69) is 0 Å². The SMILES string of the molecule is CP(=O)(c1cccc(C(=O)Cl)c1)c1cccc(C(=O)Cl)c1. The van der Waals surface area contributed by atoms with Crippen molar-refractivity contribution >= 4 is 51.4 Å². The lowest BCUT2D eigenvalue weighted by Gasteiger charge is -2.15. The Hall–Kier alpha value is -1.41. The monoisotopic (exact) mass is 340 g/mol. The van der Waals surface area contributed by atoms with Crippen molar-refractivity contribution in [2.45, 2.75) is 0 Å². The van der Waals surface area contributed by atoms with E-state index in [1.54, 1.807) is 43.1 Å². The summed E-state index contributed by atoms with van der Waals surface area (Å²) < 4.78 is 13.1. The highest BCUT2D eigenvalue weighted by Gasteiger charge is 2.23. The first-order valence-electron chi connectivity index (χ1n) is 6.01. The van der Waals surface area contributed by atoms with Crippen molar-refractivity contribution in [3.8, 4) is 0 Å². The summed E-state index contributed by atoms with van der Waals surface area (Å²) in [7, 11) is -2.95. The van der Waals surface area contributed by atoms with Gasteiger partial charge in [0, 0.05) is 21.7 Å². The summed E-state index contributed by atoms with van der Waals surface area (Å²) in [6.45, 7) is 1.57. The van der Waals surface area contributed by atoms with E-state index in [9.17, 15) is 14.2 Å². The minimum Gasteiger partial charge on any atom is -0.314 e. The molecule has 0 radical (unpaired) electrons. The van der Waals surface area contributed by atoms with Crippen molar-refractivity contribution < 1.29 is 14.2 Å². The molecule has 0 aliphatic carbocycles. The molecule has 0 aliphatic rings. The summed E-state index contributed by atoms with van der Waals surface area (Å²) in [6, 6.07) is 12.7. The standard InChI is InChI=1S/C15H11Cl2O3P/c1-21(20,12-6-2-4-10(8-12)14(16)18)13-7-3-5-11(9-13)15(17)19/h2-9H,1H3. The molecule has 6 heteroatoms. The molecule has 0 aliphatic heterocycles. The molecule has 3 nitrogen and oxygen atoms in total. The Balaban J connectivity index is 2.54. The van der Waals surface area contributed by atoms with Crippen LogP contribution in [0.5, 0.6) is 0 Å². The zero-order valence-electron chi connectivity index (χ0n) is 11.0. The first-order chi connectivity index (χ1) is 9.82. The van der Waals surface area contributed by atoms with Crippen molar-refractivity contribution in [1.29, 1.82) is 0 Å². The van der Waals surface area contributed by atoms with E-state index in [0.29, 0.717) is 10.6 Å². The fourth-order valence-corrected chi connectivity index (χ4v) is 3.98. The van der Waals surface area contributed by atoms with Gasteiger partial charge in [-0.25, -0.2) is 0 Å². The van der Waals surface area contributed by atoms with Gasteiger partial charge < -0.3 is 4.57 Å². The molecule has 21 heavy (non-hydrogen) atoms. The molecule has 2 rings (SSSR count). The Labute approximate surface area is 132 Å². The van der Waals surface area contributed by atoms with Crippen LogP contribution >= 0.6 is 30.3 Å². The van der Waals surface area contributed by atoms with Gasteiger partial charge in [0.2, 0.25) is 0 Å². The van der Waals surface area contributed by atoms with Crippen LogP contribution in [0.4, 0.5) is 0 Å². The van der Waals surface area contributed by atoms with Crippen LogP contribution in [0.25, 0.3) is 0 Å². The largest absolute Gasteiger partial charge is 0.314 e. The van der Waals surface area contributed by atoms with E-state index in [0.717, 1.165) is 0 Å². The van der Waals surface area contributed by atoms with Gasteiger partial charge in [0.15, 0.2) is 0 Å². The first kappa shape index (κ1) is 16.0. The van der Waals surface area contributed by atoms with Crippen LogP contribution in [0.15, 0.2) is 48.5 Å². The Morgan fingerprint density at radius 2 is 1.24 bits per heavy atom. The van der Waals surface area contributed by atoms with Crippen LogP contribution in [-0.4, -0.2) is 17.1 Å². The summed E-state index contributed by atoms with van der Waals surface area (Å²) >= 11 is 10.9. The molecule has 0 heterocycles. The van der Waals surface area contributed by atoms with E-state index >= 15 is 0 Å². The van der Waals surface area contributed by atoms with E-state index in [-0.39, 0.29) is 11.1 Å². The Morgan fingerprint density at radius 3 is 1.57 bits per heavy atom. The summed E-state index contributed by atoms with van der Waals surface area (Å²) in [4.78, 5) is 22.4. The summed E-state index contributed by atoms with van der Waals surface area (Å²) in [5.74, 6) is 0. The van der Waals surface area contributed by atoms with Gasteiger partial charge in [-0.3, -0.25) is 9.59 Å². The molecule has 0 spiro atoms. The summed E-state index contributed by atoms with van der Waals surface area (Å²) in [5, 5.41) is -0.232.